The maximum atomic E-state index is 6.29. The van der Waals surface area contributed by atoms with Gasteiger partial charge in [0.2, 0.25) is 11.9 Å². The van der Waals surface area contributed by atoms with E-state index in [-0.39, 0.29) is 0 Å². The molecule has 0 radical (unpaired) electrons. The molecule has 0 atom stereocenters. The van der Waals surface area contributed by atoms with Gasteiger partial charge in [-0.2, -0.15) is 29.8 Å². The lowest BCUT2D eigenvalue weighted by molar-refractivity contribution is 0.0879. The normalized spacial score (nSPS) is 13.4. The van der Waals surface area contributed by atoms with Crippen LogP contribution in [0.2, 0.25) is 19.1 Å². The summed E-state index contributed by atoms with van der Waals surface area (Å²) < 4.78 is 27.2. The van der Waals surface area contributed by atoms with E-state index in [9.17, 15) is 0 Å². The number of fused-ring (bicyclic) bond motifs is 2. The van der Waals surface area contributed by atoms with E-state index in [0.717, 1.165) is 51.1 Å². The summed E-state index contributed by atoms with van der Waals surface area (Å²) in [5.41, 5.74) is 5.16. The van der Waals surface area contributed by atoms with Gasteiger partial charge in [0.1, 0.15) is 29.6 Å². The molecule has 50 heavy (non-hydrogen) atoms. The van der Waals surface area contributed by atoms with Gasteiger partial charge in [0, 0.05) is 46.2 Å². The Bertz CT molecular complexity index is 2030. The summed E-state index contributed by atoms with van der Waals surface area (Å²) in [5, 5.41) is 12.9. The minimum atomic E-state index is -0.767. The van der Waals surface area contributed by atoms with Gasteiger partial charge in [-0.05, 0) is 41.9 Å². The van der Waals surface area contributed by atoms with Crippen molar-refractivity contribution in [3.63, 3.8) is 0 Å². The second kappa shape index (κ2) is 15.2. The lowest BCUT2D eigenvalue weighted by Gasteiger charge is -2.29. The van der Waals surface area contributed by atoms with Gasteiger partial charge >= 0.3 is 0 Å². The largest absolute Gasteiger partial charge is 0.497 e. The van der Waals surface area contributed by atoms with Crippen LogP contribution in [0.1, 0.15) is 11.4 Å². The molecule has 0 unspecified atom stereocenters. The number of morpholine rings is 1. The first-order valence-electron chi connectivity index (χ1n) is 16.9. The molecule has 0 amide bonds. The molecule has 1 fully saturated rings. The molecule has 0 bridgehead atoms. The van der Waals surface area contributed by atoms with Crippen LogP contribution in [-0.2, 0) is 29.3 Å². The second-order valence-corrected chi connectivity index (χ2v) is 15.9. The molecule has 5 heterocycles. The highest BCUT2D eigenvalue weighted by atomic mass is 28.3. The predicted molar refractivity (Wildman–Crippen MR) is 194 cm³/mol. The molecule has 260 valence electrons. The number of ether oxygens (including phenoxy) is 4. The van der Waals surface area contributed by atoms with Crippen LogP contribution in [0.5, 0.6) is 11.5 Å². The number of anilines is 2. The summed E-state index contributed by atoms with van der Waals surface area (Å²) in [4.78, 5) is 19.8. The van der Waals surface area contributed by atoms with E-state index in [1.165, 1.54) is 0 Å². The van der Waals surface area contributed by atoms with Gasteiger partial charge in [0.25, 0.3) is 0 Å². The molecule has 0 aliphatic carbocycles. The molecule has 0 N–H and O–H groups in total. The van der Waals surface area contributed by atoms with Gasteiger partial charge in [-0.25, -0.2) is 4.98 Å². The Morgan fingerprint density at radius 2 is 1.74 bits per heavy atom. The van der Waals surface area contributed by atoms with Gasteiger partial charge in [0.05, 0.1) is 58.1 Å². The molecular formula is C35H42N10O4Si. The fourth-order valence-corrected chi connectivity index (χ4v) is 6.67. The minimum absolute atomic E-state index is 0.350. The fourth-order valence-electron chi connectivity index (χ4n) is 6.03. The third-order valence-electron chi connectivity index (χ3n) is 8.76. The van der Waals surface area contributed by atoms with E-state index in [2.05, 4.69) is 49.8 Å². The zero-order valence-electron chi connectivity index (χ0n) is 28.9. The van der Waals surface area contributed by atoms with E-state index in [1.54, 1.807) is 31.1 Å². The summed E-state index contributed by atoms with van der Waals surface area (Å²) >= 11 is 0. The van der Waals surface area contributed by atoms with Crippen molar-refractivity contribution in [2.45, 2.75) is 39.0 Å². The Kier molecular flexibility index (Phi) is 10.1. The number of hydrogen-bond acceptors (Lipinski definition) is 12. The first-order chi connectivity index (χ1) is 24.5. The molecule has 14 nitrogen and oxygen atoms in total. The monoisotopic (exact) mass is 694 g/mol. The Balaban J connectivity index is 1.37. The van der Waals surface area contributed by atoms with Crippen molar-refractivity contribution in [2.75, 3.05) is 56.9 Å². The molecular weight excluding hydrogens is 653 g/mol. The van der Waals surface area contributed by atoms with E-state index in [1.807, 2.05) is 42.6 Å². The van der Waals surface area contributed by atoms with E-state index in [0.29, 0.717) is 70.3 Å². The Hall–Kier alpha value is -5.12. The molecule has 1 saturated heterocycles. The summed E-state index contributed by atoms with van der Waals surface area (Å²) in [6.07, 6.45) is 5.20. The first kappa shape index (κ1) is 33.4. The van der Waals surface area contributed by atoms with Gasteiger partial charge < -0.3 is 28.7 Å². The second-order valence-electron chi connectivity index (χ2n) is 12.6. The van der Waals surface area contributed by atoms with Crippen molar-refractivity contribution in [3.05, 3.63) is 78.5 Å². The number of rotatable bonds is 14. The Morgan fingerprint density at radius 1 is 0.900 bits per heavy atom. The van der Waals surface area contributed by atoms with Crippen molar-refractivity contribution < 1.29 is 18.9 Å². The number of benzene rings is 2. The van der Waals surface area contributed by atoms with Crippen molar-refractivity contribution in [1.82, 2.24) is 39.3 Å². The van der Waals surface area contributed by atoms with Crippen LogP contribution in [0.15, 0.2) is 67.1 Å². The highest BCUT2D eigenvalue weighted by molar-refractivity contribution is 6.55. The predicted octanol–water partition coefficient (Wildman–Crippen LogP) is 4.45. The van der Waals surface area contributed by atoms with Gasteiger partial charge in [-0.15, -0.1) is 0 Å². The van der Waals surface area contributed by atoms with Crippen LogP contribution in [0.3, 0.4) is 0 Å². The van der Waals surface area contributed by atoms with Crippen LogP contribution in [0.25, 0.3) is 27.8 Å². The molecule has 1 aliphatic rings. The highest BCUT2D eigenvalue weighted by Crippen LogP contribution is 2.31. The van der Waals surface area contributed by atoms with Gasteiger partial charge in [-0.3, -0.25) is 4.57 Å². The van der Waals surface area contributed by atoms with Crippen LogP contribution >= 0.6 is 0 Å². The average Bonchev–Trinajstić information content (AvgIpc) is 3.75. The number of nitrogens with zero attached hydrogens (tertiary/aromatic N) is 10. The fraction of sp³-hybridized carbons (Fsp3) is 0.371. The van der Waals surface area contributed by atoms with Gasteiger partial charge in [-0.1, -0.05) is 31.3 Å². The van der Waals surface area contributed by atoms with Crippen LogP contribution < -0.4 is 19.3 Å². The first-order valence-corrected chi connectivity index (χ1v) is 20.0. The highest BCUT2D eigenvalue weighted by Gasteiger charge is 2.25. The molecule has 2 aromatic carbocycles. The Morgan fingerprint density at radius 3 is 2.48 bits per heavy atom. The van der Waals surface area contributed by atoms with Crippen LogP contribution in [0, 0.1) is 0 Å². The van der Waals surface area contributed by atoms with E-state index in [4.69, 9.17) is 39.0 Å². The number of para-hydroxylation sites is 1. The molecule has 0 spiro atoms. The molecule has 6 aromatic rings. The smallest absolute Gasteiger partial charge is 0.232 e. The Labute approximate surface area is 292 Å². The van der Waals surface area contributed by atoms with Crippen LogP contribution in [0.4, 0.5) is 11.9 Å². The standard InChI is InChI=1S/C35H42N10O4Si/c1-46-27-10-8-25(9-11-27)22-43(23-31-39-29-6-5-7-30(47-2)32(29)44(31)24-49-18-19-50(3)4)35-41-34(42-14-16-48-17-15-42)40-33-28(21-38-45(33)35)26-12-13-36-37-20-26/h5-13,20-21,50H,14-19,22-24H2,1-4H3. The van der Waals surface area contributed by atoms with Gasteiger partial charge in [0.15, 0.2) is 5.65 Å². The maximum absolute atomic E-state index is 6.29. The topological polar surface area (TPSA) is 130 Å². The average molecular weight is 695 g/mol. The molecule has 4 aromatic heterocycles. The molecule has 0 saturated carbocycles. The van der Waals surface area contributed by atoms with Crippen molar-refractivity contribution in [2.24, 2.45) is 0 Å². The van der Waals surface area contributed by atoms with E-state index < -0.39 is 8.80 Å². The quantitative estimate of drug-likeness (QED) is 0.118. The zero-order valence-corrected chi connectivity index (χ0v) is 30.1. The summed E-state index contributed by atoms with van der Waals surface area (Å²) in [5.74, 6) is 3.57. The molecule has 1 aliphatic heterocycles. The van der Waals surface area contributed by atoms with Crippen LogP contribution in [-0.4, -0.2) is 95.3 Å². The summed E-state index contributed by atoms with van der Waals surface area (Å²) in [7, 11) is 2.59. The van der Waals surface area contributed by atoms with Crippen molar-refractivity contribution in [3.8, 4) is 22.6 Å². The maximum Gasteiger partial charge on any atom is 0.232 e. The minimum Gasteiger partial charge on any atom is -0.497 e. The summed E-state index contributed by atoms with van der Waals surface area (Å²) in [6.45, 7) is 9.18. The molecule has 15 heteroatoms. The third kappa shape index (κ3) is 7.10. The molecule has 7 rings (SSSR count). The number of hydrogen-bond donors (Lipinski definition) is 0. The third-order valence-corrected chi connectivity index (χ3v) is 10.2. The van der Waals surface area contributed by atoms with E-state index >= 15 is 0 Å². The summed E-state index contributed by atoms with van der Waals surface area (Å²) in [6, 6.07) is 17.0. The SMILES string of the molecule is COc1ccc(CN(Cc2nc3cccc(OC)c3n2COCC[SiH](C)C)c2nc(N3CCOCC3)nc3c(-c4ccnnc4)cnn23)cc1. The lowest BCUT2D eigenvalue weighted by Crippen LogP contribution is -2.38. The number of methoxy groups -OCH3 is 2. The number of aromatic nitrogens is 8. The number of imidazole rings is 1. The lowest BCUT2D eigenvalue weighted by atomic mass is 10.2. The zero-order chi connectivity index (χ0) is 34.5. The van der Waals surface area contributed by atoms with Crippen molar-refractivity contribution in [1.29, 1.82) is 0 Å². The van der Waals surface area contributed by atoms with Crippen molar-refractivity contribution >= 4 is 37.4 Å².